The quantitative estimate of drug-likeness (QED) is 0.193. The molecule has 2 aromatic rings. The maximum Gasteiger partial charge on any atom is 0.221 e. The second-order valence-electron chi connectivity index (χ2n) is 6.02. The van der Waals surface area contributed by atoms with Crippen LogP contribution < -0.4 is 33.2 Å². The van der Waals surface area contributed by atoms with Crippen LogP contribution >= 0.6 is 0 Å². The highest BCUT2D eigenvalue weighted by molar-refractivity contribution is 5.63. The summed E-state index contributed by atoms with van der Waals surface area (Å²) in [6.45, 7) is 10.6. The molecule has 1 unspecified atom stereocenters. The standard InChI is InChI=1S/C20H28N8.2C2H6/c1-3-4-5-14(8-10-24-2)13-26-19(22)16-12-15(6-7-17(16)21)27-18-9-11-25-20(23)28-18;2*1-2/h3-12,19,24,26H,13,21-22H2,1-2H3,(H3,23,25,27,28);2*1-2H3/b4-3-,10-8+,14-5+;;. The summed E-state index contributed by atoms with van der Waals surface area (Å²) >= 11 is 0. The van der Waals surface area contributed by atoms with Gasteiger partial charge in [0.1, 0.15) is 5.82 Å². The fourth-order valence-corrected chi connectivity index (χ4v) is 2.43. The van der Waals surface area contributed by atoms with Crippen LogP contribution in [-0.4, -0.2) is 23.6 Å². The summed E-state index contributed by atoms with van der Waals surface area (Å²) in [4.78, 5) is 8.01. The molecule has 0 fully saturated rings. The Morgan fingerprint density at radius 2 is 1.84 bits per heavy atom. The molecule has 2 rings (SSSR count). The van der Waals surface area contributed by atoms with Gasteiger partial charge in [-0.3, -0.25) is 5.32 Å². The van der Waals surface area contributed by atoms with E-state index in [1.807, 2.05) is 84.3 Å². The maximum atomic E-state index is 6.34. The van der Waals surface area contributed by atoms with Gasteiger partial charge in [-0.2, -0.15) is 4.98 Å². The molecule has 1 heterocycles. The lowest BCUT2D eigenvalue weighted by Gasteiger charge is -2.18. The van der Waals surface area contributed by atoms with E-state index in [9.17, 15) is 0 Å². The van der Waals surface area contributed by atoms with Crippen LogP contribution in [0.5, 0.6) is 0 Å². The van der Waals surface area contributed by atoms with Crippen LogP contribution in [-0.2, 0) is 0 Å². The molecular formula is C24H40N8. The first-order chi connectivity index (χ1) is 15.5. The topological polar surface area (TPSA) is 140 Å². The van der Waals surface area contributed by atoms with Crippen LogP contribution in [0.15, 0.2) is 66.5 Å². The Labute approximate surface area is 193 Å². The van der Waals surface area contributed by atoms with Gasteiger partial charge in [0.15, 0.2) is 0 Å². The third-order valence-corrected chi connectivity index (χ3v) is 3.86. The Morgan fingerprint density at radius 1 is 1.12 bits per heavy atom. The molecule has 176 valence electrons. The van der Waals surface area contributed by atoms with Crippen molar-refractivity contribution in [3.63, 3.8) is 0 Å². The molecule has 8 heteroatoms. The lowest BCUT2D eigenvalue weighted by atomic mass is 10.1. The molecule has 8 nitrogen and oxygen atoms in total. The van der Waals surface area contributed by atoms with Gasteiger partial charge in [0.05, 0.1) is 6.17 Å². The van der Waals surface area contributed by atoms with Crippen LogP contribution in [0.25, 0.3) is 0 Å². The van der Waals surface area contributed by atoms with E-state index in [-0.39, 0.29) is 5.95 Å². The number of aromatic nitrogens is 2. The first-order valence-corrected chi connectivity index (χ1v) is 10.9. The maximum absolute atomic E-state index is 6.34. The molecule has 0 saturated carbocycles. The Morgan fingerprint density at radius 3 is 2.47 bits per heavy atom. The molecule has 0 spiro atoms. The number of benzene rings is 1. The smallest absolute Gasteiger partial charge is 0.221 e. The zero-order valence-corrected chi connectivity index (χ0v) is 20.2. The number of nitrogens with two attached hydrogens (primary N) is 3. The number of hydrogen-bond acceptors (Lipinski definition) is 8. The Hall–Kier alpha value is -3.36. The molecule has 1 aromatic carbocycles. The highest BCUT2D eigenvalue weighted by Gasteiger charge is 2.11. The summed E-state index contributed by atoms with van der Waals surface area (Å²) in [6, 6.07) is 7.29. The zero-order chi connectivity index (χ0) is 24.4. The molecule has 0 amide bonds. The van der Waals surface area contributed by atoms with Crippen LogP contribution in [0.2, 0.25) is 0 Å². The number of hydrogen-bond donors (Lipinski definition) is 6. The van der Waals surface area contributed by atoms with Gasteiger partial charge in [0, 0.05) is 36.7 Å². The molecule has 0 aliphatic rings. The minimum absolute atomic E-state index is 0.203. The van der Waals surface area contributed by atoms with E-state index in [1.165, 1.54) is 0 Å². The van der Waals surface area contributed by atoms with Gasteiger partial charge in [-0.15, -0.1) is 0 Å². The molecule has 1 aromatic heterocycles. The molecule has 32 heavy (non-hydrogen) atoms. The Balaban J connectivity index is 0.00000227. The fraction of sp³-hybridized carbons (Fsp3) is 0.333. The van der Waals surface area contributed by atoms with Crippen molar-refractivity contribution in [1.82, 2.24) is 20.6 Å². The molecule has 0 radical (unpaired) electrons. The second kappa shape index (κ2) is 17.3. The molecule has 0 aliphatic heterocycles. The summed E-state index contributed by atoms with van der Waals surface area (Å²) in [5.41, 5.74) is 21.4. The third-order valence-electron chi connectivity index (χ3n) is 3.86. The number of nitrogens with zero attached hydrogens (tertiary/aromatic N) is 2. The molecule has 0 saturated heterocycles. The average Bonchev–Trinajstić information content (AvgIpc) is 2.82. The third kappa shape index (κ3) is 10.6. The predicted octanol–water partition coefficient (Wildman–Crippen LogP) is 4.22. The van der Waals surface area contributed by atoms with Crippen molar-refractivity contribution in [2.75, 3.05) is 30.4 Å². The van der Waals surface area contributed by atoms with Crippen LogP contribution in [0.1, 0.15) is 46.3 Å². The van der Waals surface area contributed by atoms with Gasteiger partial charge in [0.25, 0.3) is 0 Å². The van der Waals surface area contributed by atoms with Crippen molar-refractivity contribution in [2.24, 2.45) is 5.73 Å². The lowest BCUT2D eigenvalue weighted by Crippen LogP contribution is -2.30. The monoisotopic (exact) mass is 440 g/mol. The van der Waals surface area contributed by atoms with E-state index in [4.69, 9.17) is 17.2 Å². The first-order valence-electron chi connectivity index (χ1n) is 10.9. The largest absolute Gasteiger partial charge is 0.398 e. The van der Waals surface area contributed by atoms with Gasteiger partial charge >= 0.3 is 0 Å². The van der Waals surface area contributed by atoms with E-state index in [0.717, 1.165) is 16.8 Å². The Kier molecular flexibility index (Phi) is 15.5. The second-order valence-corrected chi connectivity index (χ2v) is 6.02. The van der Waals surface area contributed by atoms with Crippen LogP contribution in [0, 0.1) is 0 Å². The normalized spacial score (nSPS) is 11.9. The summed E-state index contributed by atoms with van der Waals surface area (Å²) in [5, 5.41) is 9.46. The lowest BCUT2D eigenvalue weighted by molar-refractivity contribution is 0.586. The minimum atomic E-state index is -0.436. The van der Waals surface area contributed by atoms with Crippen molar-refractivity contribution >= 4 is 23.1 Å². The number of nitrogen functional groups attached to an aromatic ring is 2. The van der Waals surface area contributed by atoms with E-state index < -0.39 is 6.17 Å². The first kappa shape index (κ1) is 28.6. The zero-order valence-electron chi connectivity index (χ0n) is 20.2. The van der Waals surface area contributed by atoms with Gasteiger partial charge < -0.3 is 27.8 Å². The summed E-state index contributed by atoms with van der Waals surface area (Å²) in [6.07, 6.45) is 11.0. The highest BCUT2D eigenvalue weighted by Crippen LogP contribution is 2.24. The number of allylic oxidation sites excluding steroid dienone is 3. The van der Waals surface area contributed by atoms with Crippen LogP contribution in [0.3, 0.4) is 0 Å². The van der Waals surface area contributed by atoms with Gasteiger partial charge in [0.2, 0.25) is 5.95 Å². The molecule has 1 atom stereocenters. The predicted molar refractivity (Wildman–Crippen MR) is 139 cm³/mol. The SMILES string of the molecule is CC.CC.C\C=C/C=C(\C=C\NC)CNC(N)c1cc(Nc2ccnc(N)n2)ccc1N. The minimum Gasteiger partial charge on any atom is -0.398 e. The molecule has 0 bridgehead atoms. The number of anilines is 4. The highest BCUT2D eigenvalue weighted by atomic mass is 15.1. The Bertz CT molecular complexity index is 859. The number of rotatable bonds is 9. The van der Waals surface area contributed by atoms with Gasteiger partial charge in [-0.25, -0.2) is 4.98 Å². The number of nitrogens with one attached hydrogen (secondary N) is 3. The fourth-order valence-electron chi connectivity index (χ4n) is 2.43. The van der Waals surface area contributed by atoms with Crippen LogP contribution in [0.4, 0.5) is 23.1 Å². The van der Waals surface area contributed by atoms with E-state index in [1.54, 1.807) is 18.3 Å². The van der Waals surface area contributed by atoms with E-state index >= 15 is 0 Å². The average molecular weight is 441 g/mol. The summed E-state index contributed by atoms with van der Waals surface area (Å²) in [5.74, 6) is 0.799. The van der Waals surface area contributed by atoms with E-state index in [0.29, 0.717) is 18.1 Å². The van der Waals surface area contributed by atoms with Gasteiger partial charge in [-0.05, 0) is 49.0 Å². The summed E-state index contributed by atoms with van der Waals surface area (Å²) in [7, 11) is 1.85. The van der Waals surface area contributed by atoms with E-state index in [2.05, 4.69) is 25.9 Å². The van der Waals surface area contributed by atoms with Crippen molar-refractivity contribution < 1.29 is 0 Å². The molecule has 0 aliphatic carbocycles. The van der Waals surface area contributed by atoms with Crippen molar-refractivity contribution in [3.8, 4) is 0 Å². The summed E-state index contributed by atoms with van der Waals surface area (Å²) < 4.78 is 0. The van der Waals surface area contributed by atoms with Gasteiger partial charge in [-0.1, -0.05) is 45.9 Å². The van der Waals surface area contributed by atoms with Crippen molar-refractivity contribution in [1.29, 1.82) is 0 Å². The molecular weight excluding hydrogens is 400 g/mol. The van der Waals surface area contributed by atoms with Crippen molar-refractivity contribution in [3.05, 3.63) is 72.1 Å². The van der Waals surface area contributed by atoms with Crippen molar-refractivity contribution in [2.45, 2.75) is 40.8 Å². The molecule has 9 N–H and O–H groups in total.